The van der Waals surface area contributed by atoms with E-state index in [4.69, 9.17) is 9.26 Å². The van der Waals surface area contributed by atoms with Gasteiger partial charge in [-0.25, -0.2) is 4.98 Å². The van der Waals surface area contributed by atoms with Crippen molar-refractivity contribution in [1.29, 1.82) is 0 Å². The highest BCUT2D eigenvalue weighted by molar-refractivity contribution is 7.18. The van der Waals surface area contributed by atoms with Gasteiger partial charge in [0, 0.05) is 12.6 Å². The largest absolute Gasteiger partial charge is 0.489 e. The topological polar surface area (TPSA) is 68.5 Å². The minimum absolute atomic E-state index is 0.0768. The van der Waals surface area contributed by atoms with Gasteiger partial charge < -0.3 is 14.2 Å². The number of rotatable bonds is 6. The summed E-state index contributed by atoms with van der Waals surface area (Å²) in [5.41, 5.74) is 3.27. The summed E-state index contributed by atoms with van der Waals surface area (Å²) in [7, 11) is 1.78. The smallest absolute Gasteiger partial charge is 0.254 e. The SMILES string of the molecule is Cc1noc(C)c1COc1cccc(C(=O)N(C)Cc2nc3ccccc3s2)c1. The Balaban J connectivity index is 1.44. The van der Waals surface area contributed by atoms with Crippen LogP contribution in [0.3, 0.4) is 0 Å². The minimum Gasteiger partial charge on any atom is -0.489 e. The second kappa shape index (κ2) is 8.05. The molecule has 2 heterocycles. The van der Waals surface area contributed by atoms with E-state index in [1.165, 1.54) is 0 Å². The fourth-order valence-corrected chi connectivity index (χ4v) is 4.09. The summed E-state index contributed by atoms with van der Waals surface area (Å²) in [5, 5.41) is 4.84. The summed E-state index contributed by atoms with van der Waals surface area (Å²) >= 11 is 1.61. The summed E-state index contributed by atoms with van der Waals surface area (Å²) in [6, 6.07) is 15.2. The van der Waals surface area contributed by atoms with Gasteiger partial charge in [0.25, 0.3) is 5.91 Å². The molecular weight excluding hydrogens is 386 g/mol. The van der Waals surface area contributed by atoms with Gasteiger partial charge in [0.15, 0.2) is 0 Å². The molecule has 1 amide bonds. The van der Waals surface area contributed by atoms with Crippen LogP contribution in [0.5, 0.6) is 5.75 Å². The molecule has 0 saturated heterocycles. The lowest BCUT2D eigenvalue weighted by molar-refractivity contribution is 0.0784. The molecule has 4 rings (SSSR count). The van der Waals surface area contributed by atoms with Crippen molar-refractivity contribution in [2.75, 3.05) is 7.05 Å². The van der Waals surface area contributed by atoms with Crippen LogP contribution in [0.15, 0.2) is 53.1 Å². The molecule has 0 spiro atoms. The molecule has 2 aromatic carbocycles. The average molecular weight is 407 g/mol. The molecule has 0 unspecified atom stereocenters. The zero-order chi connectivity index (χ0) is 20.4. The van der Waals surface area contributed by atoms with Gasteiger partial charge in [-0.2, -0.15) is 0 Å². The third kappa shape index (κ3) is 4.14. The summed E-state index contributed by atoms with van der Waals surface area (Å²) < 4.78 is 12.1. The molecule has 0 aliphatic rings. The van der Waals surface area contributed by atoms with Gasteiger partial charge in [0.05, 0.1) is 28.0 Å². The predicted octanol–water partition coefficient (Wildman–Crippen LogP) is 4.75. The third-order valence-corrected chi connectivity index (χ3v) is 5.72. The number of carbonyl (C=O) groups is 1. The van der Waals surface area contributed by atoms with E-state index in [9.17, 15) is 4.79 Å². The fraction of sp³-hybridized carbons (Fsp3) is 0.227. The number of nitrogens with zero attached hydrogens (tertiary/aromatic N) is 3. The van der Waals surface area contributed by atoms with E-state index in [0.29, 0.717) is 24.5 Å². The standard InChI is InChI=1S/C22H21N3O3S/c1-14-18(15(2)28-24-14)13-27-17-8-6-7-16(11-17)22(26)25(3)12-21-23-19-9-4-5-10-20(19)29-21/h4-11H,12-13H2,1-3H3. The van der Waals surface area contributed by atoms with Crippen LogP contribution in [0.2, 0.25) is 0 Å². The highest BCUT2D eigenvalue weighted by atomic mass is 32.1. The third-order valence-electron chi connectivity index (χ3n) is 4.70. The van der Waals surface area contributed by atoms with Gasteiger partial charge in [-0.1, -0.05) is 23.4 Å². The minimum atomic E-state index is -0.0768. The van der Waals surface area contributed by atoms with Gasteiger partial charge in [-0.3, -0.25) is 4.79 Å². The van der Waals surface area contributed by atoms with Crippen LogP contribution in [0.4, 0.5) is 0 Å². The Morgan fingerprint density at radius 1 is 1.17 bits per heavy atom. The number of carbonyl (C=O) groups excluding carboxylic acids is 1. The molecule has 7 heteroatoms. The summed E-state index contributed by atoms with van der Waals surface area (Å²) in [6.45, 7) is 4.55. The van der Waals surface area contributed by atoms with Crippen LogP contribution in [0.1, 0.15) is 32.4 Å². The Kier molecular flexibility index (Phi) is 5.31. The van der Waals surface area contributed by atoms with Gasteiger partial charge in [0.1, 0.15) is 23.1 Å². The number of hydrogen-bond acceptors (Lipinski definition) is 6. The number of aryl methyl sites for hydroxylation is 2. The molecular formula is C22H21N3O3S. The molecule has 0 bridgehead atoms. The summed E-state index contributed by atoms with van der Waals surface area (Å²) in [6.07, 6.45) is 0. The fourth-order valence-electron chi connectivity index (χ4n) is 3.07. The maximum atomic E-state index is 12.9. The first-order valence-electron chi connectivity index (χ1n) is 9.26. The van der Waals surface area contributed by atoms with Gasteiger partial charge in [0.2, 0.25) is 0 Å². The first-order valence-corrected chi connectivity index (χ1v) is 10.1. The Morgan fingerprint density at radius 2 is 2.00 bits per heavy atom. The van der Waals surface area contributed by atoms with Gasteiger partial charge in [-0.15, -0.1) is 11.3 Å². The Morgan fingerprint density at radius 3 is 2.76 bits per heavy atom. The van der Waals surface area contributed by atoms with Gasteiger partial charge in [-0.05, 0) is 44.2 Å². The van der Waals surface area contributed by atoms with Crippen LogP contribution < -0.4 is 4.74 Å². The lowest BCUT2D eigenvalue weighted by atomic mass is 10.2. The van der Waals surface area contributed by atoms with E-state index in [0.717, 1.165) is 32.2 Å². The molecule has 0 atom stereocenters. The zero-order valence-corrected chi connectivity index (χ0v) is 17.3. The van der Waals surface area contributed by atoms with Crippen molar-refractivity contribution in [3.05, 3.63) is 76.1 Å². The van der Waals surface area contributed by atoms with Crippen molar-refractivity contribution in [3.8, 4) is 5.75 Å². The molecule has 2 aromatic heterocycles. The van der Waals surface area contributed by atoms with Crippen molar-refractivity contribution in [3.63, 3.8) is 0 Å². The van der Waals surface area contributed by atoms with E-state index in [-0.39, 0.29) is 5.91 Å². The van der Waals surface area contributed by atoms with Crippen molar-refractivity contribution >= 4 is 27.5 Å². The lowest BCUT2D eigenvalue weighted by Crippen LogP contribution is -2.26. The summed E-state index contributed by atoms with van der Waals surface area (Å²) in [4.78, 5) is 19.2. The molecule has 0 N–H and O–H groups in total. The number of amides is 1. The normalized spacial score (nSPS) is 11.0. The predicted molar refractivity (Wildman–Crippen MR) is 112 cm³/mol. The van der Waals surface area contributed by atoms with Crippen molar-refractivity contribution in [1.82, 2.24) is 15.0 Å². The van der Waals surface area contributed by atoms with Crippen molar-refractivity contribution in [2.45, 2.75) is 27.0 Å². The van der Waals surface area contributed by atoms with E-state index in [1.54, 1.807) is 35.4 Å². The molecule has 0 saturated carbocycles. The highest BCUT2D eigenvalue weighted by Gasteiger charge is 2.16. The molecule has 4 aromatic rings. The Hall–Kier alpha value is -3.19. The Labute approximate surface area is 172 Å². The Bertz CT molecular complexity index is 1110. The van der Waals surface area contributed by atoms with Crippen LogP contribution in [0, 0.1) is 13.8 Å². The van der Waals surface area contributed by atoms with E-state index < -0.39 is 0 Å². The molecule has 0 radical (unpaired) electrons. The number of ether oxygens (including phenoxy) is 1. The van der Waals surface area contributed by atoms with Crippen LogP contribution >= 0.6 is 11.3 Å². The number of hydrogen-bond donors (Lipinski definition) is 0. The maximum Gasteiger partial charge on any atom is 0.254 e. The molecule has 0 aliphatic heterocycles. The quantitative estimate of drug-likeness (QED) is 0.461. The van der Waals surface area contributed by atoms with Crippen molar-refractivity contribution < 1.29 is 14.1 Å². The zero-order valence-electron chi connectivity index (χ0n) is 16.5. The van der Waals surface area contributed by atoms with Crippen LogP contribution in [-0.4, -0.2) is 28.0 Å². The second-order valence-electron chi connectivity index (χ2n) is 6.86. The van der Waals surface area contributed by atoms with E-state index >= 15 is 0 Å². The lowest BCUT2D eigenvalue weighted by Gasteiger charge is -2.16. The molecule has 6 nitrogen and oxygen atoms in total. The number of thiazole rings is 1. The average Bonchev–Trinajstić information content (AvgIpc) is 3.28. The number of fused-ring (bicyclic) bond motifs is 1. The monoisotopic (exact) mass is 407 g/mol. The second-order valence-corrected chi connectivity index (χ2v) is 7.97. The first kappa shape index (κ1) is 19.1. The number of para-hydroxylation sites is 1. The molecule has 0 fully saturated rings. The van der Waals surface area contributed by atoms with E-state index in [1.807, 2.05) is 50.2 Å². The molecule has 148 valence electrons. The number of benzene rings is 2. The van der Waals surface area contributed by atoms with Crippen LogP contribution in [0.25, 0.3) is 10.2 Å². The van der Waals surface area contributed by atoms with Gasteiger partial charge >= 0.3 is 0 Å². The maximum absolute atomic E-state index is 12.9. The van der Waals surface area contributed by atoms with E-state index in [2.05, 4.69) is 10.1 Å². The van der Waals surface area contributed by atoms with Crippen LogP contribution in [-0.2, 0) is 13.2 Å². The number of aromatic nitrogens is 2. The first-order chi connectivity index (χ1) is 14.0. The van der Waals surface area contributed by atoms with Crippen molar-refractivity contribution in [2.24, 2.45) is 0 Å². The summed E-state index contributed by atoms with van der Waals surface area (Å²) in [5.74, 6) is 1.29. The highest BCUT2D eigenvalue weighted by Crippen LogP contribution is 2.23. The molecule has 29 heavy (non-hydrogen) atoms. The molecule has 0 aliphatic carbocycles.